The van der Waals surface area contributed by atoms with E-state index in [1.54, 1.807) is 23.3 Å². The molecule has 0 N–H and O–H groups in total. The Kier molecular flexibility index (Phi) is 2.67. The number of thiophene rings is 1. The molecule has 1 atom stereocenters. The molecule has 1 saturated heterocycles. The molecule has 0 aromatic carbocycles. The molecule has 1 unspecified atom stereocenters. The number of amides is 2. The minimum Gasteiger partial charge on any atom is -0.317 e. The molecule has 2 rings (SSSR count). The van der Waals surface area contributed by atoms with Crippen molar-refractivity contribution in [3.05, 3.63) is 20.8 Å². The fraction of sp³-hybridized carbons (Fsp3) is 0.333. The van der Waals surface area contributed by atoms with Crippen LogP contribution in [0.4, 0.5) is 4.79 Å². The second-order valence-corrected chi connectivity index (χ2v) is 5.15. The Morgan fingerprint density at radius 1 is 1.73 bits per heavy atom. The van der Waals surface area contributed by atoms with Crippen molar-refractivity contribution in [1.29, 1.82) is 5.26 Å². The molecule has 1 aromatic rings. The molecule has 0 saturated carbocycles. The molecule has 0 spiro atoms. The van der Waals surface area contributed by atoms with Gasteiger partial charge >= 0.3 is 6.03 Å². The van der Waals surface area contributed by atoms with Crippen LogP contribution in [0.2, 0.25) is 0 Å². The number of hydrogen-bond donors (Lipinski definition) is 0. The SMILES string of the molecule is CN1C(=O)N(C#N)CC1c1cc(Br)cs1. The van der Waals surface area contributed by atoms with E-state index in [4.69, 9.17) is 5.26 Å². The Bertz CT molecular complexity index is 439. The van der Waals surface area contributed by atoms with E-state index in [2.05, 4.69) is 15.9 Å². The Balaban J connectivity index is 2.26. The van der Waals surface area contributed by atoms with E-state index in [9.17, 15) is 4.79 Å². The number of likely N-dealkylation sites (N-methyl/N-ethyl adjacent to an activating group) is 1. The van der Waals surface area contributed by atoms with Crippen LogP contribution in [-0.4, -0.2) is 29.4 Å². The Morgan fingerprint density at radius 3 is 2.93 bits per heavy atom. The van der Waals surface area contributed by atoms with Gasteiger partial charge in [0.05, 0.1) is 12.6 Å². The van der Waals surface area contributed by atoms with Crippen LogP contribution in [0.25, 0.3) is 0 Å². The highest BCUT2D eigenvalue weighted by molar-refractivity contribution is 9.10. The molecule has 1 aliphatic rings. The fourth-order valence-corrected chi connectivity index (χ4v) is 3.14. The van der Waals surface area contributed by atoms with Gasteiger partial charge in [-0.15, -0.1) is 11.3 Å². The molecule has 0 bridgehead atoms. The van der Waals surface area contributed by atoms with Crippen molar-refractivity contribution >= 4 is 33.3 Å². The van der Waals surface area contributed by atoms with Gasteiger partial charge in [-0.25, -0.2) is 9.69 Å². The molecule has 2 heterocycles. The zero-order valence-corrected chi connectivity index (χ0v) is 10.4. The van der Waals surface area contributed by atoms with Crippen molar-refractivity contribution in [2.45, 2.75) is 6.04 Å². The first-order valence-corrected chi connectivity index (χ1v) is 5.98. The van der Waals surface area contributed by atoms with Crippen molar-refractivity contribution in [1.82, 2.24) is 9.80 Å². The third-order valence-corrected chi connectivity index (χ3v) is 4.19. The lowest BCUT2D eigenvalue weighted by atomic mass is 10.2. The standard InChI is InChI=1S/C9H8BrN3OS/c1-12-7(3-13(5-11)9(12)14)8-2-6(10)4-15-8/h2,4,7H,3H2,1H3. The molecule has 0 aliphatic carbocycles. The van der Waals surface area contributed by atoms with Gasteiger partial charge < -0.3 is 4.90 Å². The zero-order valence-electron chi connectivity index (χ0n) is 7.98. The maximum absolute atomic E-state index is 11.5. The lowest BCUT2D eigenvalue weighted by molar-refractivity contribution is 0.206. The van der Waals surface area contributed by atoms with Crippen LogP contribution in [0.3, 0.4) is 0 Å². The number of carbonyl (C=O) groups excluding carboxylic acids is 1. The molecule has 1 fully saturated rings. The number of urea groups is 1. The average molecular weight is 286 g/mol. The third kappa shape index (κ3) is 1.73. The quantitative estimate of drug-likeness (QED) is 0.744. The summed E-state index contributed by atoms with van der Waals surface area (Å²) in [6.07, 6.45) is 1.89. The van der Waals surface area contributed by atoms with Gasteiger partial charge in [-0.2, -0.15) is 5.26 Å². The third-order valence-electron chi connectivity index (χ3n) is 2.39. The van der Waals surface area contributed by atoms with Gasteiger partial charge in [0.15, 0.2) is 6.19 Å². The van der Waals surface area contributed by atoms with Gasteiger partial charge in [-0.05, 0) is 22.0 Å². The molecule has 4 nitrogen and oxygen atoms in total. The summed E-state index contributed by atoms with van der Waals surface area (Å²) in [6, 6.07) is 1.75. The molecule has 2 amide bonds. The van der Waals surface area contributed by atoms with Gasteiger partial charge in [0, 0.05) is 21.8 Å². The van der Waals surface area contributed by atoms with Crippen LogP contribution in [0, 0.1) is 11.5 Å². The summed E-state index contributed by atoms with van der Waals surface area (Å²) in [5.74, 6) is 0. The summed E-state index contributed by atoms with van der Waals surface area (Å²) < 4.78 is 1.01. The van der Waals surface area contributed by atoms with Crippen LogP contribution in [0.5, 0.6) is 0 Å². The maximum Gasteiger partial charge on any atom is 0.333 e. The normalized spacial score (nSPS) is 20.9. The first-order chi connectivity index (χ1) is 7.13. The number of nitriles is 1. The lowest BCUT2D eigenvalue weighted by Crippen LogP contribution is -2.26. The second kappa shape index (κ2) is 3.83. The summed E-state index contributed by atoms with van der Waals surface area (Å²) in [6.45, 7) is 0.443. The second-order valence-electron chi connectivity index (χ2n) is 3.29. The summed E-state index contributed by atoms with van der Waals surface area (Å²) in [7, 11) is 1.72. The minimum atomic E-state index is -0.230. The first-order valence-electron chi connectivity index (χ1n) is 4.31. The summed E-state index contributed by atoms with van der Waals surface area (Å²) >= 11 is 4.96. The zero-order chi connectivity index (χ0) is 11.0. The number of nitrogens with zero attached hydrogens (tertiary/aromatic N) is 3. The van der Waals surface area contributed by atoms with E-state index < -0.39 is 0 Å². The highest BCUT2D eigenvalue weighted by atomic mass is 79.9. The van der Waals surface area contributed by atoms with Crippen LogP contribution >= 0.6 is 27.3 Å². The molecular formula is C9H8BrN3OS. The number of carbonyl (C=O) groups is 1. The molecule has 1 aromatic heterocycles. The van der Waals surface area contributed by atoms with Gasteiger partial charge in [0.25, 0.3) is 0 Å². The monoisotopic (exact) mass is 285 g/mol. The Labute approximate surface area is 99.8 Å². The van der Waals surface area contributed by atoms with Crippen LogP contribution in [0.1, 0.15) is 10.9 Å². The van der Waals surface area contributed by atoms with E-state index in [-0.39, 0.29) is 12.1 Å². The highest BCUT2D eigenvalue weighted by Gasteiger charge is 2.36. The molecule has 15 heavy (non-hydrogen) atoms. The predicted octanol–water partition coefficient (Wildman–Crippen LogP) is 2.40. The van der Waals surface area contributed by atoms with E-state index in [1.807, 2.05) is 17.6 Å². The average Bonchev–Trinajstić information content (AvgIpc) is 2.74. The van der Waals surface area contributed by atoms with E-state index in [1.165, 1.54) is 4.90 Å². The summed E-state index contributed by atoms with van der Waals surface area (Å²) in [5.41, 5.74) is 0. The van der Waals surface area contributed by atoms with Crippen molar-refractivity contribution in [2.75, 3.05) is 13.6 Å². The van der Waals surface area contributed by atoms with Gasteiger partial charge in [0.2, 0.25) is 0 Å². The van der Waals surface area contributed by atoms with Crippen molar-refractivity contribution in [3.63, 3.8) is 0 Å². The Morgan fingerprint density at radius 2 is 2.47 bits per heavy atom. The topological polar surface area (TPSA) is 47.3 Å². The van der Waals surface area contributed by atoms with E-state index in [0.29, 0.717) is 6.54 Å². The summed E-state index contributed by atoms with van der Waals surface area (Å²) in [4.78, 5) is 15.4. The van der Waals surface area contributed by atoms with Crippen LogP contribution in [-0.2, 0) is 0 Å². The number of rotatable bonds is 1. The molecule has 6 heteroatoms. The number of halogens is 1. The van der Waals surface area contributed by atoms with Crippen LogP contribution < -0.4 is 0 Å². The summed E-state index contributed by atoms with van der Waals surface area (Å²) in [5, 5.41) is 10.7. The van der Waals surface area contributed by atoms with E-state index in [0.717, 1.165) is 9.35 Å². The minimum absolute atomic E-state index is 0.00606. The van der Waals surface area contributed by atoms with Crippen molar-refractivity contribution in [2.24, 2.45) is 0 Å². The highest BCUT2D eigenvalue weighted by Crippen LogP contribution is 2.33. The maximum atomic E-state index is 11.5. The number of hydrogen-bond acceptors (Lipinski definition) is 3. The van der Waals surface area contributed by atoms with E-state index >= 15 is 0 Å². The Hall–Kier alpha value is -1.06. The largest absolute Gasteiger partial charge is 0.333 e. The molecule has 1 aliphatic heterocycles. The predicted molar refractivity (Wildman–Crippen MR) is 60.2 cm³/mol. The van der Waals surface area contributed by atoms with Crippen molar-refractivity contribution < 1.29 is 4.79 Å². The first kappa shape index (κ1) is 10.5. The van der Waals surface area contributed by atoms with Gasteiger partial charge in [-0.1, -0.05) is 0 Å². The van der Waals surface area contributed by atoms with Crippen molar-refractivity contribution in [3.8, 4) is 6.19 Å². The van der Waals surface area contributed by atoms with Crippen LogP contribution in [0.15, 0.2) is 15.9 Å². The van der Waals surface area contributed by atoms with Gasteiger partial charge in [0.1, 0.15) is 0 Å². The smallest absolute Gasteiger partial charge is 0.317 e. The lowest BCUT2D eigenvalue weighted by Gasteiger charge is -2.15. The van der Waals surface area contributed by atoms with Gasteiger partial charge in [-0.3, -0.25) is 0 Å². The molecule has 78 valence electrons. The molecular weight excluding hydrogens is 278 g/mol. The fourth-order valence-electron chi connectivity index (χ4n) is 1.56. The molecule has 0 radical (unpaired) electrons.